The lowest BCUT2D eigenvalue weighted by molar-refractivity contribution is 0.152. The SMILES string of the molecule is CC(CN(C)C)Nc1ccc(N)cc1C(F)F. The van der Waals surface area contributed by atoms with E-state index < -0.39 is 6.43 Å². The third-order valence-corrected chi connectivity index (χ3v) is 2.35. The van der Waals surface area contributed by atoms with E-state index in [1.165, 1.54) is 6.07 Å². The summed E-state index contributed by atoms with van der Waals surface area (Å²) < 4.78 is 25.6. The van der Waals surface area contributed by atoms with Crippen molar-refractivity contribution in [3.63, 3.8) is 0 Å². The molecule has 0 aliphatic rings. The standard InChI is InChI=1S/C12H19F2N3/c1-8(7-17(2)3)16-11-5-4-9(15)6-10(11)12(13)14/h4-6,8,12,16H,7,15H2,1-3H3. The summed E-state index contributed by atoms with van der Waals surface area (Å²) >= 11 is 0. The van der Waals surface area contributed by atoms with Crippen molar-refractivity contribution in [2.24, 2.45) is 0 Å². The molecule has 5 heteroatoms. The number of alkyl halides is 2. The van der Waals surface area contributed by atoms with Crippen LogP contribution in [0.3, 0.4) is 0 Å². The van der Waals surface area contributed by atoms with Gasteiger partial charge in [-0.1, -0.05) is 0 Å². The van der Waals surface area contributed by atoms with Gasteiger partial charge in [0, 0.05) is 29.5 Å². The minimum atomic E-state index is -2.52. The molecule has 1 unspecified atom stereocenters. The molecule has 0 amide bonds. The van der Waals surface area contributed by atoms with Crippen molar-refractivity contribution in [3.8, 4) is 0 Å². The van der Waals surface area contributed by atoms with Gasteiger partial charge in [-0.2, -0.15) is 0 Å². The van der Waals surface area contributed by atoms with E-state index in [1.807, 2.05) is 25.9 Å². The molecule has 3 N–H and O–H groups in total. The minimum Gasteiger partial charge on any atom is -0.399 e. The smallest absolute Gasteiger partial charge is 0.265 e. The first-order chi connectivity index (χ1) is 7.90. The van der Waals surface area contributed by atoms with E-state index in [2.05, 4.69) is 5.32 Å². The minimum absolute atomic E-state index is 0.0457. The molecule has 1 aromatic carbocycles. The fourth-order valence-electron chi connectivity index (χ4n) is 1.75. The number of likely N-dealkylation sites (N-methyl/N-ethyl adjacent to an activating group) is 1. The number of nitrogens with two attached hydrogens (primary N) is 1. The topological polar surface area (TPSA) is 41.3 Å². The van der Waals surface area contributed by atoms with Crippen LogP contribution in [-0.2, 0) is 0 Å². The number of nitrogens with one attached hydrogen (secondary N) is 1. The van der Waals surface area contributed by atoms with Crippen LogP contribution >= 0.6 is 0 Å². The molecular formula is C12H19F2N3. The zero-order chi connectivity index (χ0) is 13.0. The van der Waals surface area contributed by atoms with E-state index in [0.717, 1.165) is 6.54 Å². The van der Waals surface area contributed by atoms with Crippen LogP contribution in [0.25, 0.3) is 0 Å². The molecule has 1 aromatic rings. The van der Waals surface area contributed by atoms with Crippen molar-refractivity contribution in [2.75, 3.05) is 31.7 Å². The monoisotopic (exact) mass is 243 g/mol. The fraction of sp³-hybridized carbons (Fsp3) is 0.500. The lowest BCUT2D eigenvalue weighted by Crippen LogP contribution is -2.30. The first kappa shape index (κ1) is 13.7. The Labute approximate surface area is 101 Å². The highest BCUT2D eigenvalue weighted by molar-refractivity contribution is 5.59. The molecule has 1 atom stereocenters. The van der Waals surface area contributed by atoms with Gasteiger partial charge in [0.25, 0.3) is 6.43 Å². The van der Waals surface area contributed by atoms with Crippen molar-refractivity contribution >= 4 is 11.4 Å². The normalized spacial score (nSPS) is 13.1. The van der Waals surface area contributed by atoms with E-state index >= 15 is 0 Å². The maximum absolute atomic E-state index is 12.8. The van der Waals surface area contributed by atoms with Gasteiger partial charge in [0.05, 0.1) is 0 Å². The Morgan fingerprint density at radius 2 is 2.00 bits per heavy atom. The fourth-order valence-corrected chi connectivity index (χ4v) is 1.75. The molecule has 0 heterocycles. The second-order valence-electron chi connectivity index (χ2n) is 4.46. The van der Waals surface area contributed by atoms with Crippen molar-refractivity contribution < 1.29 is 8.78 Å². The predicted octanol–water partition coefficient (Wildman–Crippen LogP) is 2.57. The van der Waals surface area contributed by atoms with Gasteiger partial charge in [-0.05, 0) is 39.2 Å². The number of rotatable bonds is 5. The van der Waals surface area contributed by atoms with E-state index in [0.29, 0.717) is 11.4 Å². The number of halogens is 2. The summed E-state index contributed by atoms with van der Waals surface area (Å²) in [5.41, 5.74) is 6.26. The molecule has 0 saturated heterocycles. The Kier molecular flexibility index (Phi) is 4.69. The summed E-state index contributed by atoms with van der Waals surface area (Å²) in [5, 5.41) is 3.07. The molecule has 0 aliphatic carbocycles. The van der Waals surface area contributed by atoms with E-state index in [9.17, 15) is 8.78 Å². The summed E-state index contributed by atoms with van der Waals surface area (Å²) in [6, 6.07) is 4.63. The van der Waals surface area contributed by atoms with Gasteiger partial charge >= 0.3 is 0 Å². The maximum atomic E-state index is 12.8. The van der Waals surface area contributed by atoms with Crippen molar-refractivity contribution in [2.45, 2.75) is 19.4 Å². The number of nitrogens with zero attached hydrogens (tertiary/aromatic N) is 1. The number of nitrogen functional groups attached to an aromatic ring is 1. The maximum Gasteiger partial charge on any atom is 0.265 e. The Morgan fingerprint density at radius 3 is 2.53 bits per heavy atom. The average Bonchev–Trinajstić information content (AvgIpc) is 2.19. The van der Waals surface area contributed by atoms with Gasteiger partial charge in [0.1, 0.15) is 0 Å². The molecule has 17 heavy (non-hydrogen) atoms. The molecule has 0 radical (unpaired) electrons. The molecule has 0 bridgehead atoms. The lowest BCUT2D eigenvalue weighted by Gasteiger charge is -2.21. The second-order valence-corrected chi connectivity index (χ2v) is 4.46. The van der Waals surface area contributed by atoms with Crippen LogP contribution in [0.2, 0.25) is 0 Å². The second kappa shape index (κ2) is 5.82. The summed E-state index contributed by atoms with van der Waals surface area (Å²) in [6.07, 6.45) is -2.52. The van der Waals surface area contributed by atoms with E-state index in [-0.39, 0.29) is 11.6 Å². The van der Waals surface area contributed by atoms with Crippen LogP contribution in [0.1, 0.15) is 18.9 Å². The number of hydrogen-bond donors (Lipinski definition) is 2. The summed E-state index contributed by atoms with van der Waals surface area (Å²) in [4.78, 5) is 2.00. The zero-order valence-electron chi connectivity index (χ0n) is 10.4. The number of benzene rings is 1. The Morgan fingerprint density at radius 1 is 1.35 bits per heavy atom. The highest BCUT2D eigenvalue weighted by atomic mass is 19.3. The van der Waals surface area contributed by atoms with Crippen LogP contribution in [0.5, 0.6) is 0 Å². The van der Waals surface area contributed by atoms with Crippen LogP contribution in [0.4, 0.5) is 20.2 Å². The van der Waals surface area contributed by atoms with Gasteiger partial charge in [0.2, 0.25) is 0 Å². The Balaban J connectivity index is 2.83. The third-order valence-electron chi connectivity index (χ3n) is 2.35. The molecule has 0 aromatic heterocycles. The van der Waals surface area contributed by atoms with Gasteiger partial charge < -0.3 is 16.0 Å². The van der Waals surface area contributed by atoms with Gasteiger partial charge in [-0.3, -0.25) is 0 Å². The largest absolute Gasteiger partial charge is 0.399 e. The number of hydrogen-bond acceptors (Lipinski definition) is 3. The first-order valence-corrected chi connectivity index (χ1v) is 5.49. The summed E-state index contributed by atoms with van der Waals surface area (Å²) in [5.74, 6) is 0. The molecule has 3 nitrogen and oxygen atoms in total. The number of anilines is 2. The Bertz CT molecular complexity index is 367. The zero-order valence-corrected chi connectivity index (χ0v) is 10.4. The first-order valence-electron chi connectivity index (χ1n) is 5.49. The van der Waals surface area contributed by atoms with Gasteiger partial charge in [-0.15, -0.1) is 0 Å². The lowest BCUT2D eigenvalue weighted by atomic mass is 10.1. The highest BCUT2D eigenvalue weighted by Crippen LogP contribution is 2.29. The highest BCUT2D eigenvalue weighted by Gasteiger charge is 2.14. The van der Waals surface area contributed by atoms with Crippen LogP contribution < -0.4 is 11.1 Å². The van der Waals surface area contributed by atoms with E-state index in [1.54, 1.807) is 12.1 Å². The molecule has 1 rings (SSSR count). The van der Waals surface area contributed by atoms with Gasteiger partial charge in [0.15, 0.2) is 0 Å². The predicted molar refractivity (Wildman–Crippen MR) is 67.5 cm³/mol. The van der Waals surface area contributed by atoms with Crippen LogP contribution in [0.15, 0.2) is 18.2 Å². The molecule has 0 spiro atoms. The third kappa shape index (κ3) is 4.19. The summed E-state index contributed by atoms with van der Waals surface area (Å²) in [6.45, 7) is 2.72. The Hall–Kier alpha value is -1.36. The molecular weight excluding hydrogens is 224 g/mol. The molecule has 96 valence electrons. The van der Waals surface area contributed by atoms with Crippen molar-refractivity contribution in [1.82, 2.24) is 4.90 Å². The molecule has 0 aliphatic heterocycles. The average molecular weight is 243 g/mol. The van der Waals surface area contributed by atoms with Crippen LogP contribution in [-0.4, -0.2) is 31.6 Å². The summed E-state index contributed by atoms with van der Waals surface area (Å²) in [7, 11) is 3.88. The van der Waals surface area contributed by atoms with Crippen molar-refractivity contribution in [3.05, 3.63) is 23.8 Å². The van der Waals surface area contributed by atoms with Gasteiger partial charge in [-0.25, -0.2) is 8.78 Å². The molecule has 0 fully saturated rings. The van der Waals surface area contributed by atoms with E-state index in [4.69, 9.17) is 5.73 Å². The quantitative estimate of drug-likeness (QED) is 0.781. The van der Waals surface area contributed by atoms with Crippen molar-refractivity contribution in [1.29, 1.82) is 0 Å². The molecule has 0 saturated carbocycles. The van der Waals surface area contributed by atoms with Crippen LogP contribution in [0, 0.1) is 0 Å².